The first kappa shape index (κ1) is 14.5. The van der Waals surface area contributed by atoms with Crippen LogP contribution in [-0.4, -0.2) is 24.0 Å². The van der Waals surface area contributed by atoms with Gasteiger partial charge in [0, 0.05) is 23.8 Å². The second kappa shape index (κ2) is 7.69. The molecule has 1 unspecified atom stereocenters. The molecule has 1 aromatic carbocycles. The largest absolute Gasteiger partial charge is 0.396 e. The molecule has 0 aliphatic rings. The number of thioether (sulfide) groups is 1. The average molecular weight is 257 g/mol. The van der Waals surface area contributed by atoms with Crippen LogP contribution in [0.5, 0.6) is 0 Å². The molecule has 17 heavy (non-hydrogen) atoms. The van der Waals surface area contributed by atoms with Gasteiger partial charge in [-0.3, -0.25) is 0 Å². The van der Waals surface area contributed by atoms with Gasteiger partial charge in [-0.25, -0.2) is 4.39 Å². The molecule has 0 radical (unpaired) electrons. The standard InChI is InChI=1S/C13H20FNOS/c1-3-15-7-11-4-5-13(12(14)6-11)17-9-10(2)8-16/h4-6,10,15-16H,3,7-9H2,1-2H3. The van der Waals surface area contributed by atoms with Crippen LogP contribution in [0.25, 0.3) is 0 Å². The lowest BCUT2D eigenvalue weighted by molar-refractivity contribution is 0.250. The third kappa shape index (κ3) is 5.06. The zero-order valence-electron chi connectivity index (χ0n) is 10.4. The molecule has 0 bridgehead atoms. The molecule has 0 aliphatic heterocycles. The normalized spacial score (nSPS) is 12.7. The van der Waals surface area contributed by atoms with E-state index in [0.717, 1.165) is 17.9 Å². The van der Waals surface area contributed by atoms with Crippen LogP contribution in [0, 0.1) is 11.7 Å². The molecule has 2 N–H and O–H groups in total. The summed E-state index contributed by atoms with van der Waals surface area (Å²) in [5.41, 5.74) is 0.962. The molecule has 96 valence electrons. The summed E-state index contributed by atoms with van der Waals surface area (Å²) in [4.78, 5) is 0.658. The highest BCUT2D eigenvalue weighted by molar-refractivity contribution is 7.99. The first-order chi connectivity index (χ1) is 8.17. The van der Waals surface area contributed by atoms with Crippen molar-refractivity contribution in [2.75, 3.05) is 18.9 Å². The van der Waals surface area contributed by atoms with Crippen molar-refractivity contribution >= 4 is 11.8 Å². The van der Waals surface area contributed by atoms with Crippen molar-refractivity contribution in [3.63, 3.8) is 0 Å². The Morgan fingerprint density at radius 1 is 1.47 bits per heavy atom. The van der Waals surface area contributed by atoms with Gasteiger partial charge in [-0.2, -0.15) is 0 Å². The SMILES string of the molecule is CCNCc1ccc(SCC(C)CO)c(F)c1. The average Bonchev–Trinajstić information content (AvgIpc) is 2.34. The first-order valence-electron chi connectivity index (χ1n) is 5.90. The summed E-state index contributed by atoms with van der Waals surface area (Å²) in [6.07, 6.45) is 0. The summed E-state index contributed by atoms with van der Waals surface area (Å²) >= 11 is 1.46. The Morgan fingerprint density at radius 2 is 2.24 bits per heavy atom. The number of benzene rings is 1. The molecule has 0 saturated heterocycles. The third-order valence-corrected chi connectivity index (χ3v) is 3.79. The molecule has 0 aliphatic carbocycles. The number of aliphatic hydroxyl groups excluding tert-OH is 1. The molecular weight excluding hydrogens is 237 g/mol. The molecule has 1 atom stereocenters. The van der Waals surface area contributed by atoms with Gasteiger partial charge in [0.1, 0.15) is 5.82 Å². The number of hydrogen-bond donors (Lipinski definition) is 2. The lowest BCUT2D eigenvalue weighted by Crippen LogP contribution is -2.11. The van der Waals surface area contributed by atoms with Gasteiger partial charge in [0.25, 0.3) is 0 Å². The van der Waals surface area contributed by atoms with Crippen LogP contribution in [-0.2, 0) is 6.54 Å². The number of aliphatic hydroxyl groups is 1. The van der Waals surface area contributed by atoms with Crippen LogP contribution in [0.3, 0.4) is 0 Å². The van der Waals surface area contributed by atoms with Gasteiger partial charge in [-0.05, 0) is 30.2 Å². The molecule has 0 heterocycles. The summed E-state index contributed by atoms with van der Waals surface area (Å²) < 4.78 is 13.7. The van der Waals surface area contributed by atoms with E-state index in [0.29, 0.717) is 11.4 Å². The second-order valence-electron chi connectivity index (χ2n) is 4.14. The molecule has 4 heteroatoms. The van der Waals surface area contributed by atoms with Crippen LogP contribution in [0.2, 0.25) is 0 Å². The summed E-state index contributed by atoms with van der Waals surface area (Å²) in [5, 5.41) is 12.1. The molecular formula is C13H20FNOS. The number of rotatable bonds is 7. The van der Waals surface area contributed by atoms with E-state index in [-0.39, 0.29) is 18.3 Å². The minimum atomic E-state index is -0.171. The van der Waals surface area contributed by atoms with E-state index in [1.807, 2.05) is 26.0 Å². The topological polar surface area (TPSA) is 32.3 Å². The Labute approximate surface area is 107 Å². The van der Waals surface area contributed by atoms with E-state index < -0.39 is 0 Å². The van der Waals surface area contributed by atoms with E-state index in [9.17, 15) is 4.39 Å². The highest BCUT2D eigenvalue weighted by atomic mass is 32.2. The maximum atomic E-state index is 13.7. The van der Waals surface area contributed by atoms with Crippen LogP contribution < -0.4 is 5.32 Å². The number of hydrogen-bond acceptors (Lipinski definition) is 3. The molecule has 0 fully saturated rings. The van der Waals surface area contributed by atoms with Gasteiger partial charge >= 0.3 is 0 Å². The van der Waals surface area contributed by atoms with Gasteiger partial charge in [-0.15, -0.1) is 11.8 Å². The smallest absolute Gasteiger partial charge is 0.137 e. The van der Waals surface area contributed by atoms with Crippen molar-refractivity contribution in [1.82, 2.24) is 5.32 Å². The minimum Gasteiger partial charge on any atom is -0.396 e. The van der Waals surface area contributed by atoms with E-state index in [4.69, 9.17) is 5.11 Å². The summed E-state index contributed by atoms with van der Waals surface area (Å²) in [7, 11) is 0. The molecule has 2 nitrogen and oxygen atoms in total. The van der Waals surface area contributed by atoms with E-state index in [1.165, 1.54) is 11.8 Å². The lowest BCUT2D eigenvalue weighted by atomic mass is 10.2. The molecule has 0 spiro atoms. The Kier molecular flexibility index (Phi) is 6.55. The third-order valence-electron chi connectivity index (χ3n) is 2.41. The van der Waals surface area contributed by atoms with E-state index >= 15 is 0 Å². The van der Waals surface area contributed by atoms with Gasteiger partial charge in [0.15, 0.2) is 0 Å². The molecule has 0 saturated carbocycles. The number of nitrogens with one attached hydrogen (secondary N) is 1. The predicted octanol–water partition coefficient (Wildman–Crippen LogP) is 2.66. The van der Waals surface area contributed by atoms with Crippen molar-refractivity contribution in [3.8, 4) is 0 Å². The first-order valence-corrected chi connectivity index (χ1v) is 6.88. The van der Waals surface area contributed by atoms with Gasteiger partial charge in [0.05, 0.1) is 0 Å². The fourth-order valence-corrected chi connectivity index (χ4v) is 2.26. The monoisotopic (exact) mass is 257 g/mol. The van der Waals surface area contributed by atoms with E-state index in [2.05, 4.69) is 5.32 Å². The fraction of sp³-hybridized carbons (Fsp3) is 0.538. The van der Waals surface area contributed by atoms with E-state index in [1.54, 1.807) is 6.07 Å². The summed E-state index contributed by atoms with van der Waals surface area (Å²) in [5.74, 6) is 0.761. The number of halogens is 1. The quantitative estimate of drug-likeness (QED) is 0.737. The van der Waals surface area contributed by atoms with Gasteiger partial charge in [0.2, 0.25) is 0 Å². The van der Waals surface area contributed by atoms with Crippen molar-refractivity contribution < 1.29 is 9.50 Å². The molecule has 0 amide bonds. The van der Waals surface area contributed by atoms with Crippen LogP contribution in [0.15, 0.2) is 23.1 Å². The maximum Gasteiger partial charge on any atom is 0.137 e. The second-order valence-corrected chi connectivity index (χ2v) is 5.21. The Bertz CT molecular complexity index is 346. The van der Waals surface area contributed by atoms with Crippen molar-refractivity contribution in [2.45, 2.75) is 25.3 Å². The molecule has 0 aromatic heterocycles. The maximum absolute atomic E-state index is 13.7. The zero-order valence-corrected chi connectivity index (χ0v) is 11.2. The fourth-order valence-electron chi connectivity index (χ4n) is 1.33. The van der Waals surface area contributed by atoms with Crippen molar-refractivity contribution in [1.29, 1.82) is 0 Å². The Hall–Kier alpha value is -0.580. The van der Waals surface area contributed by atoms with Crippen molar-refractivity contribution in [3.05, 3.63) is 29.6 Å². The zero-order chi connectivity index (χ0) is 12.7. The highest BCUT2D eigenvalue weighted by Crippen LogP contribution is 2.24. The summed E-state index contributed by atoms with van der Waals surface area (Å²) in [6.45, 7) is 5.70. The van der Waals surface area contributed by atoms with Gasteiger partial charge < -0.3 is 10.4 Å². The van der Waals surface area contributed by atoms with Crippen LogP contribution in [0.4, 0.5) is 4.39 Å². The summed E-state index contributed by atoms with van der Waals surface area (Å²) in [6, 6.07) is 5.34. The van der Waals surface area contributed by atoms with Gasteiger partial charge in [-0.1, -0.05) is 19.9 Å². The molecule has 1 aromatic rings. The lowest BCUT2D eigenvalue weighted by Gasteiger charge is -2.09. The Balaban J connectivity index is 2.56. The Morgan fingerprint density at radius 3 is 2.82 bits per heavy atom. The van der Waals surface area contributed by atoms with Crippen molar-refractivity contribution in [2.24, 2.45) is 5.92 Å². The highest BCUT2D eigenvalue weighted by Gasteiger charge is 2.06. The van der Waals surface area contributed by atoms with Crippen LogP contribution >= 0.6 is 11.8 Å². The minimum absolute atomic E-state index is 0.146. The predicted molar refractivity (Wildman–Crippen MR) is 70.8 cm³/mol. The molecule has 1 rings (SSSR count). The van der Waals surface area contributed by atoms with Crippen LogP contribution in [0.1, 0.15) is 19.4 Å².